The average molecular weight is 367 g/mol. The monoisotopic (exact) mass is 366 g/mol. The Bertz CT molecular complexity index is 259. The van der Waals surface area contributed by atoms with Crippen LogP contribution in [0.25, 0.3) is 0 Å². The number of hydrogen-bond acceptors (Lipinski definition) is 1. The molecule has 0 atom stereocenters. The van der Waals surface area contributed by atoms with E-state index < -0.39 is 0 Å². The van der Waals surface area contributed by atoms with Gasteiger partial charge >= 0.3 is 0 Å². The lowest BCUT2D eigenvalue weighted by molar-refractivity contribution is 0.282. The van der Waals surface area contributed by atoms with E-state index in [2.05, 4.69) is 19.1 Å². The Morgan fingerprint density at radius 1 is 0.423 bits per heavy atom. The highest BCUT2D eigenvalue weighted by atomic mass is 16.2. The molecule has 0 fully saturated rings. The molecule has 0 spiro atoms. The average Bonchev–Trinajstić information content (AvgIpc) is 2.66. The van der Waals surface area contributed by atoms with Gasteiger partial charge in [0.25, 0.3) is 0 Å². The van der Waals surface area contributed by atoms with Crippen LogP contribution in [-0.2, 0) is 0 Å². The zero-order valence-corrected chi connectivity index (χ0v) is 18.2. The van der Waals surface area contributed by atoms with E-state index in [4.69, 9.17) is 5.11 Å². The summed E-state index contributed by atoms with van der Waals surface area (Å²) >= 11 is 0. The van der Waals surface area contributed by atoms with E-state index in [9.17, 15) is 0 Å². The first-order valence-electron chi connectivity index (χ1n) is 12.2. The minimum absolute atomic E-state index is 0.363. The molecule has 0 amide bonds. The van der Waals surface area contributed by atoms with Crippen molar-refractivity contribution in [1.29, 1.82) is 0 Å². The fourth-order valence-electron chi connectivity index (χ4n) is 3.60. The summed E-state index contributed by atoms with van der Waals surface area (Å²) in [5.41, 5.74) is 0. The number of aliphatic hydroxyl groups excluding tert-OH is 1. The van der Waals surface area contributed by atoms with Crippen molar-refractivity contribution in [2.75, 3.05) is 6.61 Å². The van der Waals surface area contributed by atoms with Crippen LogP contribution in [0.3, 0.4) is 0 Å². The van der Waals surface area contributed by atoms with Gasteiger partial charge in [-0.15, -0.1) is 0 Å². The molecule has 0 heterocycles. The van der Waals surface area contributed by atoms with Crippen molar-refractivity contribution in [3.63, 3.8) is 0 Å². The van der Waals surface area contributed by atoms with Gasteiger partial charge in [-0.1, -0.05) is 122 Å². The van der Waals surface area contributed by atoms with E-state index in [-0.39, 0.29) is 0 Å². The third kappa shape index (κ3) is 23.7. The Hall–Kier alpha value is -0.300. The standard InChI is InChI=1S/C25H50O/c1-2-3-4-5-6-7-8-9-10-11-12-13-14-15-16-17-18-19-20-21-22-23-24-25-26/h16-17,26H,2-15,18-25H2,1H3/b17-16-. The summed E-state index contributed by atoms with van der Waals surface area (Å²) in [6, 6.07) is 0. The maximum Gasteiger partial charge on any atom is 0.0431 e. The van der Waals surface area contributed by atoms with Crippen molar-refractivity contribution >= 4 is 0 Å². The SMILES string of the molecule is CCCCCCCCCCCCCCC/C=C\CCCCCCCCO. The van der Waals surface area contributed by atoms with Gasteiger partial charge in [0, 0.05) is 6.61 Å². The van der Waals surface area contributed by atoms with Crippen LogP contribution in [0.1, 0.15) is 142 Å². The van der Waals surface area contributed by atoms with E-state index in [1.54, 1.807) is 0 Å². The van der Waals surface area contributed by atoms with Crippen molar-refractivity contribution in [3.8, 4) is 0 Å². The summed E-state index contributed by atoms with van der Waals surface area (Å²) in [4.78, 5) is 0. The lowest BCUT2D eigenvalue weighted by atomic mass is 10.0. The highest BCUT2D eigenvalue weighted by Crippen LogP contribution is 2.13. The summed E-state index contributed by atoms with van der Waals surface area (Å²) in [6.45, 7) is 2.66. The van der Waals surface area contributed by atoms with Crippen molar-refractivity contribution in [1.82, 2.24) is 0 Å². The Morgan fingerprint density at radius 3 is 1.08 bits per heavy atom. The smallest absolute Gasteiger partial charge is 0.0431 e. The van der Waals surface area contributed by atoms with Gasteiger partial charge in [-0.3, -0.25) is 0 Å². The summed E-state index contributed by atoms with van der Waals surface area (Å²) in [5.74, 6) is 0. The van der Waals surface area contributed by atoms with Crippen LogP contribution in [0.2, 0.25) is 0 Å². The third-order valence-corrected chi connectivity index (χ3v) is 5.42. The molecule has 0 radical (unpaired) electrons. The Morgan fingerprint density at radius 2 is 0.731 bits per heavy atom. The van der Waals surface area contributed by atoms with Crippen LogP contribution in [0, 0.1) is 0 Å². The van der Waals surface area contributed by atoms with Gasteiger partial charge < -0.3 is 5.11 Å². The Kier molecular flexibility index (Phi) is 24.4. The fourth-order valence-corrected chi connectivity index (χ4v) is 3.60. The molecule has 1 heteroatoms. The first-order valence-corrected chi connectivity index (χ1v) is 12.2. The normalized spacial score (nSPS) is 11.6. The molecule has 0 rings (SSSR count). The molecule has 1 N–H and O–H groups in total. The summed E-state index contributed by atoms with van der Waals surface area (Å²) in [5, 5.41) is 8.72. The lowest BCUT2D eigenvalue weighted by Crippen LogP contribution is -1.83. The van der Waals surface area contributed by atoms with Crippen LogP contribution >= 0.6 is 0 Å². The predicted octanol–water partition coefficient (Wildman–Crippen LogP) is 8.75. The van der Waals surface area contributed by atoms with Gasteiger partial charge in [-0.2, -0.15) is 0 Å². The topological polar surface area (TPSA) is 20.2 Å². The molecular weight excluding hydrogens is 316 g/mol. The van der Waals surface area contributed by atoms with Crippen LogP contribution in [0.5, 0.6) is 0 Å². The zero-order valence-electron chi connectivity index (χ0n) is 18.2. The minimum atomic E-state index is 0.363. The van der Waals surface area contributed by atoms with Gasteiger partial charge in [0.2, 0.25) is 0 Å². The maximum absolute atomic E-state index is 8.72. The van der Waals surface area contributed by atoms with Crippen LogP contribution in [0.4, 0.5) is 0 Å². The maximum atomic E-state index is 8.72. The van der Waals surface area contributed by atoms with Gasteiger partial charge in [0.15, 0.2) is 0 Å². The van der Waals surface area contributed by atoms with Crippen LogP contribution in [-0.4, -0.2) is 11.7 Å². The molecule has 0 bridgehead atoms. The van der Waals surface area contributed by atoms with E-state index in [0.29, 0.717) is 6.61 Å². The predicted molar refractivity (Wildman–Crippen MR) is 119 cm³/mol. The number of unbranched alkanes of at least 4 members (excludes halogenated alkanes) is 19. The molecule has 0 aliphatic carbocycles. The second-order valence-corrected chi connectivity index (χ2v) is 8.14. The molecule has 26 heavy (non-hydrogen) atoms. The van der Waals surface area contributed by atoms with Crippen molar-refractivity contribution in [2.45, 2.75) is 142 Å². The number of aliphatic hydroxyl groups is 1. The largest absolute Gasteiger partial charge is 0.396 e. The number of hydrogen-bond donors (Lipinski definition) is 1. The van der Waals surface area contributed by atoms with Crippen molar-refractivity contribution in [2.24, 2.45) is 0 Å². The molecule has 156 valence electrons. The van der Waals surface area contributed by atoms with Gasteiger partial charge in [0.1, 0.15) is 0 Å². The fraction of sp³-hybridized carbons (Fsp3) is 0.920. The molecule has 1 nitrogen and oxygen atoms in total. The Balaban J connectivity index is 3.04. The summed E-state index contributed by atoms with van der Waals surface area (Å²) < 4.78 is 0. The van der Waals surface area contributed by atoms with Gasteiger partial charge in [-0.25, -0.2) is 0 Å². The minimum Gasteiger partial charge on any atom is -0.396 e. The number of rotatable bonds is 22. The lowest BCUT2D eigenvalue weighted by Gasteiger charge is -2.02. The second-order valence-electron chi connectivity index (χ2n) is 8.14. The van der Waals surface area contributed by atoms with E-state index in [1.807, 2.05) is 0 Å². The van der Waals surface area contributed by atoms with Crippen LogP contribution in [0.15, 0.2) is 12.2 Å². The van der Waals surface area contributed by atoms with Crippen LogP contribution < -0.4 is 0 Å². The highest BCUT2D eigenvalue weighted by molar-refractivity contribution is 4.81. The third-order valence-electron chi connectivity index (χ3n) is 5.42. The molecule has 0 aromatic carbocycles. The van der Waals surface area contributed by atoms with Crippen molar-refractivity contribution in [3.05, 3.63) is 12.2 Å². The summed E-state index contributed by atoms with van der Waals surface area (Å²) in [7, 11) is 0. The molecule has 0 saturated heterocycles. The molecule has 0 aromatic rings. The molecule has 0 aliphatic heterocycles. The molecule has 0 aromatic heterocycles. The summed E-state index contributed by atoms with van der Waals surface area (Å²) in [6.07, 6.45) is 33.6. The van der Waals surface area contributed by atoms with E-state index in [0.717, 1.165) is 6.42 Å². The van der Waals surface area contributed by atoms with E-state index in [1.165, 1.54) is 128 Å². The molecular formula is C25H50O. The van der Waals surface area contributed by atoms with Crippen molar-refractivity contribution < 1.29 is 5.11 Å². The second kappa shape index (κ2) is 24.7. The molecule has 0 unspecified atom stereocenters. The van der Waals surface area contributed by atoms with E-state index >= 15 is 0 Å². The zero-order chi connectivity index (χ0) is 19.0. The first-order chi connectivity index (χ1) is 12.9. The molecule has 0 saturated carbocycles. The van der Waals surface area contributed by atoms with Gasteiger partial charge in [0.05, 0.1) is 0 Å². The quantitative estimate of drug-likeness (QED) is 0.150. The highest BCUT2D eigenvalue weighted by Gasteiger charge is 1.93. The Labute approximate surface area is 166 Å². The molecule has 0 aliphatic rings. The number of allylic oxidation sites excluding steroid dienone is 2. The van der Waals surface area contributed by atoms with Gasteiger partial charge in [-0.05, 0) is 32.1 Å². The first kappa shape index (κ1) is 25.7.